The SMILES string of the molecule is CN(C)c1ncccc1-c1ccc(Cn2ccnc2)cc1.O=CO.O=CO. The summed E-state index contributed by atoms with van der Waals surface area (Å²) in [5, 5.41) is 13.8. The van der Waals surface area contributed by atoms with Gasteiger partial charge in [-0.25, -0.2) is 9.97 Å². The third-order valence-corrected chi connectivity index (χ3v) is 3.40. The zero-order valence-electron chi connectivity index (χ0n) is 15.1. The van der Waals surface area contributed by atoms with Gasteiger partial charge in [-0.3, -0.25) is 9.59 Å². The highest BCUT2D eigenvalue weighted by Crippen LogP contribution is 2.27. The van der Waals surface area contributed by atoms with Crippen LogP contribution in [0.25, 0.3) is 11.1 Å². The molecule has 8 heteroatoms. The molecule has 0 fully saturated rings. The Morgan fingerprint density at radius 1 is 1.04 bits per heavy atom. The fraction of sp³-hybridized carbons (Fsp3) is 0.158. The van der Waals surface area contributed by atoms with Gasteiger partial charge in [-0.15, -0.1) is 0 Å². The Kier molecular flexibility index (Phi) is 9.34. The second-order valence-electron chi connectivity index (χ2n) is 5.41. The lowest BCUT2D eigenvalue weighted by atomic mass is 10.0. The molecule has 0 unspecified atom stereocenters. The maximum Gasteiger partial charge on any atom is 0.290 e. The van der Waals surface area contributed by atoms with Crippen LogP contribution >= 0.6 is 0 Å². The zero-order valence-corrected chi connectivity index (χ0v) is 15.1. The second kappa shape index (κ2) is 11.8. The van der Waals surface area contributed by atoms with E-state index in [1.807, 2.05) is 43.8 Å². The van der Waals surface area contributed by atoms with E-state index in [0.717, 1.165) is 17.9 Å². The fourth-order valence-corrected chi connectivity index (χ4v) is 2.36. The van der Waals surface area contributed by atoms with Gasteiger partial charge in [-0.1, -0.05) is 24.3 Å². The largest absolute Gasteiger partial charge is 0.483 e. The highest BCUT2D eigenvalue weighted by atomic mass is 16.3. The zero-order chi connectivity index (χ0) is 20.1. The molecule has 0 aliphatic heterocycles. The van der Waals surface area contributed by atoms with Gasteiger partial charge in [0, 0.05) is 44.8 Å². The third-order valence-electron chi connectivity index (χ3n) is 3.40. The highest BCUT2D eigenvalue weighted by Gasteiger charge is 2.07. The van der Waals surface area contributed by atoms with E-state index in [4.69, 9.17) is 19.8 Å². The summed E-state index contributed by atoms with van der Waals surface area (Å²) in [6.45, 7) is 0.341. The average Bonchev–Trinajstić information content (AvgIpc) is 3.17. The molecule has 0 spiro atoms. The number of hydrogen-bond acceptors (Lipinski definition) is 5. The van der Waals surface area contributed by atoms with Crippen LogP contribution in [0.2, 0.25) is 0 Å². The summed E-state index contributed by atoms with van der Waals surface area (Å²) < 4.78 is 2.06. The summed E-state index contributed by atoms with van der Waals surface area (Å²) in [5.74, 6) is 0.986. The van der Waals surface area contributed by atoms with Gasteiger partial charge < -0.3 is 19.7 Å². The smallest absolute Gasteiger partial charge is 0.290 e. The number of rotatable bonds is 4. The maximum atomic E-state index is 8.36. The summed E-state index contributed by atoms with van der Waals surface area (Å²) in [6, 6.07) is 12.7. The number of pyridine rings is 1. The molecule has 0 atom stereocenters. The number of benzene rings is 1. The Morgan fingerprint density at radius 3 is 2.19 bits per heavy atom. The summed E-state index contributed by atoms with van der Waals surface area (Å²) >= 11 is 0. The lowest BCUT2D eigenvalue weighted by molar-refractivity contribution is -0.123. The third kappa shape index (κ3) is 6.99. The first kappa shape index (κ1) is 21.4. The molecule has 0 amide bonds. The molecule has 3 rings (SSSR count). The van der Waals surface area contributed by atoms with E-state index < -0.39 is 0 Å². The van der Waals surface area contributed by atoms with Gasteiger partial charge >= 0.3 is 0 Å². The standard InChI is InChI=1S/C17H18N4.2CH2O2/c1-20(2)17-16(4-3-9-19-17)15-7-5-14(6-8-15)12-21-11-10-18-13-21;2*2-1-3/h3-11,13H,12H2,1-2H3;2*1H,(H,2,3). The number of carboxylic acid groups (broad SMARTS) is 2. The summed E-state index contributed by atoms with van der Waals surface area (Å²) in [6.07, 6.45) is 7.43. The number of carbonyl (C=O) groups is 2. The topological polar surface area (TPSA) is 109 Å². The molecule has 8 nitrogen and oxygen atoms in total. The molecule has 2 N–H and O–H groups in total. The van der Waals surface area contributed by atoms with Gasteiger partial charge in [0.2, 0.25) is 0 Å². The van der Waals surface area contributed by atoms with Crippen molar-refractivity contribution in [2.45, 2.75) is 6.54 Å². The number of nitrogens with zero attached hydrogens (tertiary/aromatic N) is 4. The number of hydrogen-bond donors (Lipinski definition) is 2. The first-order valence-electron chi connectivity index (χ1n) is 7.90. The summed E-state index contributed by atoms with van der Waals surface area (Å²) in [4.78, 5) is 27.3. The molecule has 3 aromatic rings. The van der Waals surface area contributed by atoms with E-state index in [1.165, 1.54) is 11.1 Å². The molecule has 0 radical (unpaired) electrons. The van der Waals surface area contributed by atoms with Gasteiger partial charge in [0.15, 0.2) is 0 Å². The van der Waals surface area contributed by atoms with Crippen molar-refractivity contribution in [2.75, 3.05) is 19.0 Å². The molecular weight excluding hydrogens is 348 g/mol. The van der Waals surface area contributed by atoms with Gasteiger partial charge in [-0.05, 0) is 23.3 Å². The molecule has 0 aliphatic carbocycles. The van der Waals surface area contributed by atoms with E-state index >= 15 is 0 Å². The van der Waals surface area contributed by atoms with Crippen LogP contribution in [-0.2, 0) is 16.1 Å². The number of imidazole rings is 1. The van der Waals surface area contributed by atoms with E-state index in [1.54, 1.807) is 6.20 Å². The minimum Gasteiger partial charge on any atom is -0.483 e. The number of anilines is 1. The molecular formula is C19H22N4O4. The molecule has 0 saturated heterocycles. The average molecular weight is 370 g/mol. The molecule has 142 valence electrons. The van der Waals surface area contributed by atoms with Crippen molar-refractivity contribution in [3.63, 3.8) is 0 Å². The molecule has 1 aromatic carbocycles. The fourth-order valence-electron chi connectivity index (χ4n) is 2.36. The van der Waals surface area contributed by atoms with Crippen molar-refractivity contribution in [3.8, 4) is 11.1 Å². The van der Waals surface area contributed by atoms with Gasteiger partial charge in [0.05, 0.1) is 6.33 Å². The van der Waals surface area contributed by atoms with Crippen molar-refractivity contribution in [1.29, 1.82) is 0 Å². The van der Waals surface area contributed by atoms with Crippen molar-refractivity contribution in [3.05, 3.63) is 66.9 Å². The van der Waals surface area contributed by atoms with Crippen molar-refractivity contribution >= 4 is 18.8 Å². The molecule has 0 saturated carbocycles. The minimum atomic E-state index is -0.250. The van der Waals surface area contributed by atoms with Gasteiger partial charge in [-0.2, -0.15) is 0 Å². The second-order valence-corrected chi connectivity index (χ2v) is 5.41. The van der Waals surface area contributed by atoms with Crippen LogP contribution in [0.3, 0.4) is 0 Å². The van der Waals surface area contributed by atoms with Crippen LogP contribution < -0.4 is 4.90 Å². The predicted molar refractivity (Wildman–Crippen MR) is 103 cm³/mol. The maximum absolute atomic E-state index is 8.36. The quantitative estimate of drug-likeness (QED) is 0.679. The van der Waals surface area contributed by atoms with Crippen LogP contribution in [0.4, 0.5) is 5.82 Å². The van der Waals surface area contributed by atoms with Gasteiger partial charge in [0.1, 0.15) is 5.82 Å². The summed E-state index contributed by atoms with van der Waals surface area (Å²) in [7, 11) is 4.03. The van der Waals surface area contributed by atoms with Crippen molar-refractivity contribution < 1.29 is 19.8 Å². The van der Waals surface area contributed by atoms with Crippen molar-refractivity contribution in [2.24, 2.45) is 0 Å². The monoisotopic (exact) mass is 370 g/mol. The Balaban J connectivity index is 0.000000540. The predicted octanol–water partition coefficient (Wildman–Crippen LogP) is 2.46. The van der Waals surface area contributed by atoms with E-state index in [-0.39, 0.29) is 12.9 Å². The minimum absolute atomic E-state index is 0.250. The van der Waals surface area contributed by atoms with Crippen LogP contribution in [-0.4, -0.2) is 51.8 Å². The lowest BCUT2D eigenvalue weighted by Gasteiger charge is -2.16. The number of aromatic nitrogens is 3. The first-order valence-corrected chi connectivity index (χ1v) is 7.90. The molecule has 0 bridgehead atoms. The Morgan fingerprint density at radius 2 is 1.67 bits per heavy atom. The van der Waals surface area contributed by atoms with Gasteiger partial charge in [0.25, 0.3) is 12.9 Å². The molecule has 2 aromatic heterocycles. The Labute approximate surface area is 157 Å². The highest BCUT2D eigenvalue weighted by molar-refractivity contribution is 5.75. The Bertz CT molecular complexity index is 797. The van der Waals surface area contributed by atoms with E-state index in [9.17, 15) is 0 Å². The van der Waals surface area contributed by atoms with Crippen LogP contribution in [0.5, 0.6) is 0 Å². The van der Waals surface area contributed by atoms with E-state index in [2.05, 4.69) is 44.9 Å². The molecule has 27 heavy (non-hydrogen) atoms. The normalized spacial score (nSPS) is 9.11. The lowest BCUT2D eigenvalue weighted by Crippen LogP contribution is -2.11. The van der Waals surface area contributed by atoms with Crippen LogP contribution in [0.1, 0.15) is 5.56 Å². The first-order chi connectivity index (χ1) is 13.1. The van der Waals surface area contributed by atoms with Crippen LogP contribution in [0, 0.1) is 0 Å². The molecule has 0 aliphatic rings. The van der Waals surface area contributed by atoms with E-state index in [0.29, 0.717) is 0 Å². The van der Waals surface area contributed by atoms with Crippen molar-refractivity contribution in [1.82, 2.24) is 14.5 Å². The molecule has 2 heterocycles. The van der Waals surface area contributed by atoms with Crippen LogP contribution in [0.15, 0.2) is 61.3 Å². The summed E-state index contributed by atoms with van der Waals surface area (Å²) in [5.41, 5.74) is 3.59. The Hall–Kier alpha value is -3.68.